The Balaban J connectivity index is 1.68. The van der Waals surface area contributed by atoms with E-state index in [1.165, 1.54) is 64.2 Å². The van der Waals surface area contributed by atoms with Crippen molar-refractivity contribution in [3.8, 4) is 0 Å². The van der Waals surface area contributed by atoms with E-state index in [2.05, 4.69) is 22.7 Å². The van der Waals surface area contributed by atoms with Crippen molar-refractivity contribution in [3.05, 3.63) is 18.7 Å². The van der Waals surface area contributed by atoms with Crippen LogP contribution >= 0.6 is 0 Å². The van der Waals surface area contributed by atoms with E-state index in [0.717, 1.165) is 18.4 Å². The number of hydrogen-bond acceptors (Lipinski definition) is 1. The standard InChI is InChI=1S/C17H30N2/c1-2-6-16(11-13-19-14-12-18-15-19)9-10-17-7-4-3-5-8-17/h12,14-17H,2-11,13H2,1H3. The number of aryl methyl sites for hydroxylation is 1. The van der Waals surface area contributed by atoms with Crippen LogP contribution in [0.1, 0.15) is 71.1 Å². The summed E-state index contributed by atoms with van der Waals surface area (Å²) in [6, 6.07) is 0. The van der Waals surface area contributed by atoms with Crippen molar-refractivity contribution in [2.75, 3.05) is 0 Å². The van der Waals surface area contributed by atoms with Gasteiger partial charge < -0.3 is 4.57 Å². The summed E-state index contributed by atoms with van der Waals surface area (Å²) < 4.78 is 2.23. The van der Waals surface area contributed by atoms with Crippen molar-refractivity contribution < 1.29 is 0 Å². The van der Waals surface area contributed by atoms with E-state index < -0.39 is 0 Å². The molecule has 19 heavy (non-hydrogen) atoms. The SMILES string of the molecule is CCCC(CCC1CCCCC1)CCn1ccnc1. The third-order valence-corrected chi connectivity index (χ3v) is 4.76. The maximum absolute atomic E-state index is 4.13. The Kier molecular flexibility index (Phi) is 6.46. The third kappa shape index (κ3) is 5.38. The fourth-order valence-corrected chi connectivity index (χ4v) is 3.54. The normalized spacial score (nSPS) is 18.6. The van der Waals surface area contributed by atoms with Gasteiger partial charge in [-0.2, -0.15) is 0 Å². The lowest BCUT2D eigenvalue weighted by Gasteiger charge is -2.24. The van der Waals surface area contributed by atoms with Crippen LogP contribution in [0.15, 0.2) is 18.7 Å². The van der Waals surface area contributed by atoms with Gasteiger partial charge in [-0.1, -0.05) is 64.7 Å². The molecule has 2 rings (SSSR count). The Morgan fingerprint density at radius 1 is 1.16 bits per heavy atom. The van der Waals surface area contributed by atoms with Gasteiger partial charge in [0, 0.05) is 18.9 Å². The highest BCUT2D eigenvalue weighted by Gasteiger charge is 2.16. The minimum absolute atomic E-state index is 0.925. The summed E-state index contributed by atoms with van der Waals surface area (Å²) >= 11 is 0. The molecule has 0 amide bonds. The summed E-state index contributed by atoms with van der Waals surface area (Å²) in [5.41, 5.74) is 0. The highest BCUT2D eigenvalue weighted by molar-refractivity contribution is 4.75. The van der Waals surface area contributed by atoms with Crippen LogP contribution in [0.3, 0.4) is 0 Å². The summed E-state index contributed by atoms with van der Waals surface area (Å²) in [5.74, 6) is 1.97. The zero-order valence-electron chi connectivity index (χ0n) is 12.6. The first-order valence-corrected chi connectivity index (χ1v) is 8.34. The summed E-state index contributed by atoms with van der Waals surface area (Å²) in [7, 11) is 0. The number of rotatable bonds is 8. The van der Waals surface area contributed by atoms with E-state index in [4.69, 9.17) is 0 Å². The van der Waals surface area contributed by atoms with Gasteiger partial charge in [0.2, 0.25) is 0 Å². The summed E-state index contributed by atoms with van der Waals surface area (Å²) in [6.07, 6.45) is 20.4. The van der Waals surface area contributed by atoms with Crippen molar-refractivity contribution in [1.29, 1.82) is 0 Å². The monoisotopic (exact) mass is 262 g/mol. The molecule has 1 fully saturated rings. The number of hydrogen-bond donors (Lipinski definition) is 0. The molecule has 0 saturated heterocycles. The van der Waals surface area contributed by atoms with E-state index in [-0.39, 0.29) is 0 Å². The molecular formula is C17H30N2. The van der Waals surface area contributed by atoms with E-state index >= 15 is 0 Å². The van der Waals surface area contributed by atoms with Crippen LogP contribution in [-0.4, -0.2) is 9.55 Å². The Morgan fingerprint density at radius 3 is 2.68 bits per heavy atom. The largest absolute Gasteiger partial charge is 0.337 e. The second-order valence-corrected chi connectivity index (χ2v) is 6.33. The van der Waals surface area contributed by atoms with Gasteiger partial charge in [-0.05, 0) is 18.3 Å². The van der Waals surface area contributed by atoms with Crippen LogP contribution in [0.5, 0.6) is 0 Å². The molecular weight excluding hydrogens is 232 g/mol. The first-order chi connectivity index (χ1) is 9.38. The Bertz CT molecular complexity index is 312. The smallest absolute Gasteiger partial charge is 0.0945 e. The molecule has 0 N–H and O–H groups in total. The van der Waals surface area contributed by atoms with E-state index in [9.17, 15) is 0 Å². The summed E-state index contributed by atoms with van der Waals surface area (Å²) in [6.45, 7) is 3.47. The molecule has 1 aromatic heterocycles. The minimum atomic E-state index is 0.925. The highest BCUT2D eigenvalue weighted by atomic mass is 15.0. The van der Waals surface area contributed by atoms with Crippen LogP contribution in [0.4, 0.5) is 0 Å². The van der Waals surface area contributed by atoms with E-state index in [0.29, 0.717) is 0 Å². The fourth-order valence-electron chi connectivity index (χ4n) is 3.54. The quantitative estimate of drug-likeness (QED) is 0.641. The topological polar surface area (TPSA) is 17.8 Å². The van der Waals surface area contributed by atoms with Crippen LogP contribution < -0.4 is 0 Å². The van der Waals surface area contributed by atoms with Gasteiger partial charge in [-0.3, -0.25) is 0 Å². The Morgan fingerprint density at radius 2 is 2.00 bits per heavy atom. The van der Waals surface area contributed by atoms with Crippen LogP contribution in [0.2, 0.25) is 0 Å². The molecule has 2 nitrogen and oxygen atoms in total. The number of nitrogens with zero attached hydrogens (tertiary/aromatic N) is 2. The predicted octanol–water partition coefficient (Wildman–Crippen LogP) is 5.05. The van der Waals surface area contributed by atoms with Gasteiger partial charge in [0.05, 0.1) is 6.33 Å². The molecule has 1 heterocycles. The molecule has 108 valence electrons. The zero-order valence-corrected chi connectivity index (χ0v) is 12.6. The van der Waals surface area contributed by atoms with Crippen LogP contribution in [0.25, 0.3) is 0 Å². The zero-order chi connectivity index (χ0) is 13.3. The molecule has 2 heteroatoms. The highest BCUT2D eigenvalue weighted by Crippen LogP contribution is 2.30. The summed E-state index contributed by atoms with van der Waals surface area (Å²) in [5, 5.41) is 0. The van der Waals surface area contributed by atoms with Gasteiger partial charge in [-0.15, -0.1) is 0 Å². The van der Waals surface area contributed by atoms with Gasteiger partial charge >= 0.3 is 0 Å². The fraction of sp³-hybridized carbons (Fsp3) is 0.824. The molecule has 1 saturated carbocycles. The third-order valence-electron chi connectivity index (χ3n) is 4.76. The predicted molar refractivity (Wildman–Crippen MR) is 81.1 cm³/mol. The van der Waals surface area contributed by atoms with Crippen molar-refractivity contribution in [1.82, 2.24) is 9.55 Å². The lowest BCUT2D eigenvalue weighted by Crippen LogP contribution is -2.11. The lowest BCUT2D eigenvalue weighted by molar-refractivity contribution is 0.289. The molecule has 0 bridgehead atoms. The molecule has 1 aliphatic carbocycles. The molecule has 0 aliphatic heterocycles. The van der Waals surface area contributed by atoms with Gasteiger partial charge in [-0.25, -0.2) is 4.98 Å². The summed E-state index contributed by atoms with van der Waals surface area (Å²) in [4.78, 5) is 4.13. The van der Waals surface area contributed by atoms with E-state index in [1.54, 1.807) is 0 Å². The number of imidazole rings is 1. The molecule has 1 unspecified atom stereocenters. The lowest BCUT2D eigenvalue weighted by atomic mass is 9.83. The van der Waals surface area contributed by atoms with Crippen molar-refractivity contribution in [3.63, 3.8) is 0 Å². The van der Waals surface area contributed by atoms with E-state index in [1.807, 2.05) is 12.5 Å². The second kappa shape index (κ2) is 8.39. The maximum atomic E-state index is 4.13. The molecule has 1 aromatic rings. The van der Waals surface area contributed by atoms with Crippen molar-refractivity contribution >= 4 is 0 Å². The second-order valence-electron chi connectivity index (χ2n) is 6.33. The maximum Gasteiger partial charge on any atom is 0.0945 e. The first kappa shape index (κ1) is 14.6. The average Bonchev–Trinajstić information content (AvgIpc) is 2.96. The van der Waals surface area contributed by atoms with Crippen LogP contribution in [0, 0.1) is 11.8 Å². The van der Waals surface area contributed by atoms with Crippen molar-refractivity contribution in [2.24, 2.45) is 11.8 Å². The molecule has 1 atom stereocenters. The molecule has 0 aromatic carbocycles. The van der Waals surface area contributed by atoms with Crippen molar-refractivity contribution in [2.45, 2.75) is 77.7 Å². The molecule has 1 aliphatic rings. The minimum Gasteiger partial charge on any atom is -0.337 e. The van der Waals surface area contributed by atoms with Gasteiger partial charge in [0.1, 0.15) is 0 Å². The van der Waals surface area contributed by atoms with Gasteiger partial charge in [0.15, 0.2) is 0 Å². The average molecular weight is 262 g/mol. The molecule has 0 spiro atoms. The Hall–Kier alpha value is -0.790. The number of aromatic nitrogens is 2. The first-order valence-electron chi connectivity index (χ1n) is 8.34. The Labute approximate surface area is 118 Å². The molecule has 0 radical (unpaired) electrons. The van der Waals surface area contributed by atoms with Crippen LogP contribution in [-0.2, 0) is 6.54 Å². The van der Waals surface area contributed by atoms with Gasteiger partial charge in [0.25, 0.3) is 0 Å².